The maximum absolute atomic E-state index is 12.4. The minimum atomic E-state index is -0.811. The van der Waals surface area contributed by atoms with Gasteiger partial charge in [0.1, 0.15) is 0 Å². The van der Waals surface area contributed by atoms with Gasteiger partial charge in [-0.25, -0.2) is 0 Å². The zero-order chi connectivity index (χ0) is 15.2. The summed E-state index contributed by atoms with van der Waals surface area (Å²) in [5.41, 5.74) is 0. The molecule has 2 aliphatic heterocycles. The maximum Gasteiger partial charge on any atom is 0.303 e. The number of carboxylic acids is 1. The van der Waals surface area contributed by atoms with Crippen LogP contribution in [-0.2, 0) is 9.59 Å². The highest BCUT2D eigenvalue weighted by molar-refractivity contribution is 5.82. The molecule has 2 aliphatic rings. The summed E-state index contributed by atoms with van der Waals surface area (Å²) in [4.78, 5) is 25.4. The molecule has 2 unspecified atom stereocenters. The number of hydrogen-bond acceptors (Lipinski definition) is 4. The lowest BCUT2D eigenvalue weighted by molar-refractivity contribution is -0.138. The van der Waals surface area contributed by atoms with Gasteiger partial charge in [-0.1, -0.05) is 6.92 Å². The van der Waals surface area contributed by atoms with Crippen LogP contribution in [0.5, 0.6) is 0 Å². The Hall–Kier alpha value is -1.14. The number of amides is 1. The smallest absolute Gasteiger partial charge is 0.303 e. The van der Waals surface area contributed by atoms with Gasteiger partial charge in [-0.05, 0) is 51.2 Å². The molecule has 21 heavy (non-hydrogen) atoms. The predicted molar refractivity (Wildman–Crippen MR) is 80.0 cm³/mol. The minimum Gasteiger partial charge on any atom is -0.481 e. The molecule has 0 aromatic rings. The molecule has 2 heterocycles. The lowest BCUT2D eigenvalue weighted by atomic mass is 10.0. The lowest BCUT2D eigenvalue weighted by Crippen LogP contribution is -2.51. The monoisotopic (exact) mass is 297 g/mol. The Labute approximate surface area is 126 Å². The Morgan fingerprint density at radius 2 is 2.05 bits per heavy atom. The average Bonchev–Trinajstić information content (AvgIpc) is 2.94. The van der Waals surface area contributed by atoms with E-state index in [2.05, 4.69) is 15.5 Å². The fraction of sp³-hybridized carbons (Fsp3) is 0.867. The fourth-order valence-electron chi connectivity index (χ4n) is 3.41. The second-order valence-electron chi connectivity index (χ2n) is 6.33. The molecule has 120 valence electrons. The van der Waals surface area contributed by atoms with Crippen molar-refractivity contribution in [2.75, 3.05) is 26.2 Å². The quantitative estimate of drug-likeness (QED) is 0.662. The zero-order valence-corrected chi connectivity index (χ0v) is 12.8. The van der Waals surface area contributed by atoms with Crippen LogP contribution in [-0.4, -0.2) is 60.1 Å². The van der Waals surface area contributed by atoms with Crippen molar-refractivity contribution < 1.29 is 14.7 Å². The van der Waals surface area contributed by atoms with Crippen LogP contribution in [0.25, 0.3) is 0 Å². The number of piperidine rings is 1. The lowest BCUT2D eigenvalue weighted by Gasteiger charge is -2.35. The van der Waals surface area contributed by atoms with Crippen LogP contribution >= 0.6 is 0 Å². The number of nitrogens with one attached hydrogen (secondary N) is 2. The molecule has 2 saturated heterocycles. The summed E-state index contributed by atoms with van der Waals surface area (Å²) in [6.45, 7) is 5.37. The molecule has 2 rings (SSSR count). The molecule has 6 nitrogen and oxygen atoms in total. The number of aliphatic carboxylic acids is 1. The van der Waals surface area contributed by atoms with Gasteiger partial charge in [0.25, 0.3) is 0 Å². The summed E-state index contributed by atoms with van der Waals surface area (Å²) in [6, 6.07) is 0.492. The Bertz CT molecular complexity index is 369. The SMILES string of the molecule is CC(CNC(=O)C1CCCN1C1CCNCC1)CC(=O)O. The Kier molecular flexibility index (Phi) is 5.99. The first-order chi connectivity index (χ1) is 10.1. The summed E-state index contributed by atoms with van der Waals surface area (Å²) in [5, 5.41) is 15.0. The molecular formula is C15H27N3O3. The summed E-state index contributed by atoms with van der Waals surface area (Å²) < 4.78 is 0. The van der Waals surface area contributed by atoms with Crippen LogP contribution < -0.4 is 10.6 Å². The van der Waals surface area contributed by atoms with Crippen LogP contribution in [0.4, 0.5) is 0 Å². The Balaban J connectivity index is 1.81. The number of carbonyl (C=O) groups excluding carboxylic acids is 1. The second kappa shape index (κ2) is 7.75. The molecule has 1 amide bonds. The highest BCUT2D eigenvalue weighted by Gasteiger charge is 2.35. The maximum atomic E-state index is 12.4. The van der Waals surface area contributed by atoms with Crippen LogP contribution in [0.2, 0.25) is 0 Å². The number of likely N-dealkylation sites (tertiary alicyclic amines) is 1. The molecule has 0 saturated carbocycles. The van der Waals surface area contributed by atoms with Crippen molar-refractivity contribution in [3.63, 3.8) is 0 Å². The number of rotatable bonds is 6. The van der Waals surface area contributed by atoms with Gasteiger partial charge in [0.2, 0.25) is 5.91 Å². The third kappa shape index (κ3) is 4.68. The van der Waals surface area contributed by atoms with E-state index in [0.29, 0.717) is 12.6 Å². The Morgan fingerprint density at radius 1 is 1.33 bits per heavy atom. The van der Waals surface area contributed by atoms with Gasteiger partial charge in [-0.3, -0.25) is 14.5 Å². The first-order valence-corrected chi connectivity index (χ1v) is 8.04. The summed E-state index contributed by atoms with van der Waals surface area (Å²) >= 11 is 0. The molecule has 3 N–H and O–H groups in total. The largest absolute Gasteiger partial charge is 0.481 e. The molecule has 0 aromatic heterocycles. The third-order valence-electron chi connectivity index (χ3n) is 4.52. The van der Waals surface area contributed by atoms with Crippen molar-refractivity contribution in [3.8, 4) is 0 Å². The predicted octanol–water partition coefficient (Wildman–Crippen LogP) is 0.430. The van der Waals surface area contributed by atoms with Gasteiger partial charge in [0, 0.05) is 19.0 Å². The number of carboxylic acid groups (broad SMARTS) is 1. The van der Waals surface area contributed by atoms with Crippen molar-refractivity contribution in [2.45, 2.75) is 51.1 Å². The fourth-order valence-corrected chi connectivity index (χ4v) is 3.41. The van der Waals surface area contributed by atoms with Crippen molar-refractivity contribution in [3.05, 3.63) is 0 Å². The van der Waals surface area contributed by atoms with Gasteiger partial charge in [0.15, 0.2) is 0 Å². The van der Waals surface area contributed by atoms with Crippen molar-refractivity contribution in [2.24, 2.45) is 5.92 Å². The highest BCUT2D eigenvalue weighted by Crippen LogP contribution is 2.24. The number of nitrogens with zero attached hydrogens (tertiary/aromatic N) is 1. The highest BCUT2D eigenvalue weighted by atomic mass is 16.4. The third-order valence-corrected chi connectivity index (χ3v) is 4.52. The molecular weight excluding hydrogens is 270 g/mol. The van der Waals surface area contributed by atoms with Gasteiger partial charge in [0.05, 0.1) is 6.04 Å². The average molecular weight is 297 g/mol. The van der Waals surface area contributed by atoms with E-state index in [1.165, 1.54) is 0 Å². The van der Waals surface area contributed by atoms with Crippen LogP contribution in [0.3, 0.4) is 0 Å². The van der Waals surface area contributed by atoms with Gasteiger partial charge >= 0.3 is 5.97 Å². The zero-order valence-electron chi connectivity index (χ0n) is 12.8. The van der Waals surface area contributed by atoms with Gasteiger partial charge in [-0.2, -0.15) is 0 Å². The van der Waals surface area contributed by atoms with E-state index >= 15 is 0 Å². The van der Waals surface area contributed by atoms with Crippen LogP contribution in [0.15, 0.2) is 0 Å². The van der Waals surface area contributed by atoms with Gasteiger partial charge < -0.3 is 15.7 Å². The number of hydrogen-bond donors (Lipinski definition) is 3. The van der Waals surface area contributed by atoms with E-state index in [1.807, 2.05) is 6.92 Å². The van der Waals surface area contributed by atoms with Crippen molar-refractivity contribution >= 4 is 11.9 Å². The summed E-state index contributed by atoms with van der Waals surface area (Å²) in [7, 11) is 0. The minimum absolute atomic E-state index is 0.0230. The van der Waals surface area contributed by atoms with E-state index in [9.17, 15) is 9.59 Å². The molecule has 0 radical (unpaired) electrons. The van der Waals surface area contributed by atoms with E-state index < -0.39 is 5.97 Å². The molecule has 0 bridgehead atoms. The molecule has 2 fully saturated rings. The molecule has 6 heteroatoms. The van der Waals surface area contributed by atoms with Crippen molar-refractivity contribution in [1.29, 1.82) is 0 Å². The Morgan fingerprint density at radius 3 is 2.71 bits per heavy atom. The second-order valence-corrected chi connectivity index (χ2v) is 6.33. The molecule has 0 spiro atoms. The normalized spacial score (nSPS) is 25.7. The molecule has 0 aliphatic carbocycles. The summed E-state index contributed by atoms with van der Waals surface area (Å²) in [5.74, 6) is -0.766. The van der Waals surface area contributed by atoms with Crippen LogP contribution in [0, 0.1) is 5.92 Å². The van der Waals surface area contributed by atoms with Crippen LogP contribution in [0.1, 0.15) is 39.0 Å². The van der Waals surface area contributed by atoms with E-state index in [0.717, 1.165) is 45.3 Å². The van der Waals surface area contributed by atoms with Gasteiger partial charge in [-0.15, -0.1) is 0 Å². The topological polar surface area (TPSA) is 81.7 Å². The first kappa shape index (κ1) is 16.2. The molecule has 2 atom stereocenters. The van der Waals surface area contributed by atoms with E-state index in [4.69, 9.17) is 5.11 Å². The van der Waals surface area contributed by atoms with E-state index in [-0.39, 0.29) is 24.3 Å². The number of carbonyl (C=O) groups is 2. The molecule has 0 aromatic carbocycles. The summed E-state index contributed by atoms with van der Waals surface area (Å²) in [6.07, 6.45) is 4.32. The first-order valence-electron chi connectivity index (χ1n) is 8.04. The standard InChI is InChI=1S/C15H27N3O3/c1-11(9-14(19)20)10-17-15(21)13-3-2-8-18(13)12-4-6-16-7-5-12/h11-13,16H,2-10H2,1H3,(H,17,21)(H,19,20). The van der Waals surface area contributed by atoms with E-state index in [1.54, 1.807) is 0 Å². The van der Waals surface area contributed by atoms with Crippen molar-refractivity contribution in [1.82, 2.24) is 15.5 Å².